The third-order valence-electron chi connectivity index (χ3n) is 7.25. The van der Waals surface area contributed by atoms with E-state index >= 15 is 0 Å². The van der Waals surface area contributed by atoms with Gasteiger partial charge < -0.3 is 22.5 Å². The number of rotatable bonds is 0. The van der Waals surface area contributed by atoms with Gasteiger partial charge in [-0.2, -0.15) is 15.2 Å². The average Bonchev–Trinajstić information content (AvgIpc) is 4.22. The number of imidazole rings is 1. The summed E-state index contributed by atoms with van der Waals surface area (Å²) in [5.41, 5.74) is 4.00. The second-order valence-electron chi connectivity index (χ2n) is 13.9. The van der Waals surface area contributed by atoms with E-state index < -0.39 is 0 Å². The van der Waals surface area contributed by atoms with Crippen molar-refractivity contribution in [3.8, 4) is 0 Å². The molecule has 0 atom stereocenters. The Labute approximate surface area is 439 Å². The van der Waals surface area contributed by atoms with Gasteiger partial charge in [-0.25, -0.2) is 15.0 Å². The Balaban J connectivity index is 0.000000404. The zero-order valence-corrected chi connectivity index (χ0v) is 45.3. The van der Waals surface area contributed by atoms with Gasteiger partial charge in [-0.05, 0) is 76.6 Å². The van der Waals surface area contributed by atoms with E-state index in [1.807, 2.05) is 157 Å². The number of nitrogens with zero attached hydrogens (tertiary/aromatic N) is 21. The third kappa shape index (κ3) is 40.8. The van der Waals surface area contributed by atoms with E-state index in [0.29, 0.717) is 11.7 Å². The molecule has 12 heterocycles. The molecule has 12 rings (SSSR count). The highest BCUT2D eigenvalue weighted by atomic mass is 32.1. The Morgan fingerprint density at radius 1 is 0.500 bits per heavy atom. The first-order valence-electron chi connectivity index (χ1n) is 21.9. The Morgan fingerprint density at radius 2 is 1.31 bits per heavy atom. The third-order valence-corrected chi connectivity index (χ3v) is 8.57. The van der Waals surface area contributed by atoms with E-state index in [1.54, 1.807) is 131 Å². The predicted octanol–water partition coefficient (Wildman–Crippen LogP) is 8.31. The molecule has 0 saturated heterocycles. The summed E-state index contributed by atoms with van der Waals surface area (Å²) in [7, 11) is 9.48. The van der Waals surface area contributed by atoms with Crippen LogP contribution in [0.4, 0.5) is 0 Å². The first-order chi connectivity index (χ1) is 35.7. The van der Waals surface area contributed by atoms with E-state index in [1.165, 1.54) is 24.7 Å². The molecule has 26 heteroatoms. The maximum absolute atomic E-state index is 4.72. The highest BCUT2D eigenvalue weighted by molar-refractivity contribution is 7.09. The highest BCUT2D eigenvalue weighted by Crippen LogP contribution is 1.98. The molecule has 0 radical (unpaired) electrons. The van der Waals surface area contributed by atoms with Crippen molar-refractivity contribution in [3.05, 3.63) is 217 Å². The minimum Gasteiger partial charge on any atom is -0.449 e. The Bertz CT molecular complexity index is 2240. The molecule has 0 aliphatic rings. The summed E-state index contributed by atoms with van der Waals surface area (Å²) in [5.74, 6) is 2.00. The molecule has 0 aliphatic heterocycles. The lowest BCUT2D eigenvalue weighted by molar-refractivity contribution is 0.412. The lowest BCUT2D eigenvalue weighted by Crippen LogP contribution is -1.85. The molecule has 0 aliphatic carbocycles. The fraction of sp³-hybridized carbons (Fsp3) is 0.250. The Morgan fingerprint density at radius 3 is 1.50 bits per heavy atom. The molecule has 0 bridgehead atoms. The van der Waals surface area contributed by atoms with E-state index in [0.717, 1.165) is 21.6 Å². The van der Waals surface area contributed by atoms with Gasteiger partial charge in [0.2, 0.25) is 18.7 Å². The number of aromatic nitrogens is 21. The molecule has 12 aromatic heterocycles. The molecule has 0 aromatic carbocycles. The minimum absolute atomic E-state index is 0.606. The van der Waals surface area contributed by atoms with Gasteiger partial charge in [-0.3, -0.25) is 29.0 Å². The van der Waals surface area contributed by atoms with Crippen LogP contribution in [-0.4, -0.2) is 104 Å². The summed E-state index contributed by atoms with van der Waals surface area (Å²) in [6.07, 6.45) is 32.6. The number of hydrogen-bond donors (Lipinski definition) is 0. The Kier molecular flexibility index (Phi) is 36.4. The fourth-order valence-corrected chi connectivity index (χ4v) is 4.57. The van der Waals surface area contributed by atoms with Crippen molar-refractivity contribution in [1.29, 1.82) is 0 Å². The second kappa shape index (κ2) is 42.8. The van der Waals surface area contributed by atoms with Crippen molar-refractivity contribution >= 4 is 22.7 Å². The van der Waals surface area contributed by atoms with E-state index in [9.17, 15) is 0 Å². The van der Waals surface area contributed by atoms with Crippen LogP contribution < -0.4 is 0 Å². The summed E-state index contributed by atoms with van der Waals surface area (Å²) >= 11 is 3.22. The summed E-state index contributed by atoms with van der Waals surface area (Å²) in [5, 5.41) is 36.4. The number of aryl methyl sites for hydroxylation is 12. The monoisotopic (exact) mass is 1050 g/mol. The summed E-state index contributed by atoms with van der Waals surface area (Å²) in [6, 6.07) is 15.7. The zero-order valence-electron chi connectivity index (χ0n) is 43.7. The Hall–Kier alpha value is -9.04. The molecule has 0 fully saturated rings. The maximum atomic E-state index is 4.72. The quantitative estimate of drug-likeness (QED) is 0.138. The number of oxazole rings is 1. The molecule has 24 nitrogen and oxygen atoms in total. The molecular formula is C48H65N21O3S2. The van der Waals surface area contributed by atoms with Crippen LogP contribution in [0, 0.1) is 48.5 Å². The fourth-order valence-electron chi connectivity index (χ4n) is 3.79. The van der Waals surface area contributed by atoms with Gasteiger partial charge in [-0.1, -0.05) is 22.5 Å². The van der Waals surface area contributed by atoms with Crippen LogP contribution in [0.1, 0.15) is 38.9 Å². The van der Waals surface area contributed by atoms with Crippen molar-refractivity contribution in [3.63, 3.8) is 0 Å². The minimum atomic E-state index is 0.606. The van der Waals surface area contributed by atoms with Crippen molar-refractivity contribution in [2.24, 2.45) is 35.2 Å². The first-order valence-corrected chi connectivity index (χ1v) is 23.7. The van der Waals surface area contributed by atoms with Crippen molar-refractivity contribution in [2.75, 3.05) is 0 Å². The number of thiazole rings is 1. The van der Waals surface area contributed by atoms with Gasteiger partial charge in [0.25, 0.3) is 0 Å². The molecule has 12 aromatic rings. The smallest absolute Gasteiger partial charge is 0.213 e. The molecular weight excluding hydrogens is 983 g/mol. The van der Waals surface area contributed by atoms with Crippen LogP contribution in [-0.2, 0) is 35.2 Å². The molecule has 0 N–H and O–H groups in total. The van der Waals surface area contributed by atoms with Crippen LogP contribution in [0.2, 0.25) is 0 Å². The molecule has 0 spiro atoms. The van der Waals surface area contributed by atoms with Crippen LogP contribution in [0.25, 0.3) is 0 Å². The van der Waals surface area contributed by atoms with Gasteiger partial charge in [0.1, 0.15) is 29.4 Å². The lowest BCUT2D eigenvalue weighted by atomic mass is 10.3. The SMILES string of the molecule is Cc1ccccn1.Cc1cccnc1.Cc1ncco1.Cc1nccs1.Cc1ncon1.Cc1nnco1.Cc1nncs1.Cn1cccc1.Cn1cccn1.Cn1ccnc1.Cn1ccnn1.Cn1cncn1. The van der Waals surface area contributed by atoms with E-state index in [2.05, 4.69) is 89.9 Å². The van der Waals surface area contributed by atoms with E-state index in [-0.39, 0.29) is 0 Å². The molecule has 74 heavy (non-hydrogen) atoms. The molecule has 392 valence electrons. The van der Waals surface area contributed by atoms with Gasteiger partial charge in [0.15, 0.2) is 11.7 Å². The second-order valence-corrected chi connectivity index (χ2v) is 16.0. The topological polar surface area (TPSA) is 270 Å². The van der Waals surface area contributed by atoms with Crippen molar-refractivity contribution in [1.82, 2.24) is 104 Å². The summed E-state index contributed by atoms with van der Waals surface area (Å²) in [4.78, 5) is 26.6. The number of pyridine rings is 2. The molecule has 0 amide bonds. The van der Waals surface area contributed by atoms with Crippen LogP contribution in [0.3, 0.4) is 0 Å². The number of hydrogen-bond acceptors (Lipinski definition) is 21. The normalized spacial score (nSPS) is 8.81. The first kappa shape index (κ1) is 63.0. The molecule has 0 saturated carbocycles. The van der Waals surface area contributed by atoms with Crippen LogP contribution in [0.5, 0.6) is 0 Å². The van der Waals surface area contributed by atoms with Crippen LogP contribution in [0.15, 0.2) is 191 Å². The summed E-state index contributed by atoms with van der Waals surface area (Å²) in [6.45, 7) is 13.2. The van der Waals surface area contributed by atoms with Gasteiger partial charge in [0, 0.05) is 128 Å². The average molecular weight is 1050 g/mol. The van der Waals surface area contributed by atoms with Gasteiger partial charge in [0.05, 0.1) is 23.7 Å². The maximum Gasteiger partial charge on any atom is 0.213 e. The highest BCUT2D eigenvalue weighted by Gasteiger charge is 1.82. The zero-order chi connectivity index (χ0) is 54.3. The molecule has 0 unspecified atom stereocenters. The predicted molar refractivity (Wildman–Crippen MR) is 283 cm³/mol. The standard InChI is InChI=1S/2C6H7N.C5H7N.2C4H6N2.C4H5NO.C4H5NS.2C3H5N3.2C3H4N2O.C3H4N2S/c1-6-3-2-4-7-5-6;1-6-4-2-3-5-7-6;1-6-4-2-3-5-6;1-6-3-2-5-4-6;1-6-4-2-3-5-6;2*1-4-5-2-3-6-4;1-6-3-4-2-5-6;1-6-3-2-4-5-6;1-3-5-4-2-6-3;1-3-4-2-6-5-3;1-3-5-4-2-6-3/h2*2-5H,1H3;2-5H,1H3;2*2-4H,1H3;4*2-3H,1H3;3*2H,1H3. The van der Waals surface area contributed by atoms with Crippen molar-refractivity contribution in [2.45, 2.75) is 48.5 Å². The van der Waals surface area contributed by atoms with E-state index in [4.69, 9.17) is 4.42 Å². The van der Waals surface area contributed by atoms with Crippen molar-refractivity contribution < 1.29 is 13.4 Å². The van der Waals surface area contributed by atoms with Crippen LogP contribution >= 0.6 is 22.7 Å². The largest absolute Gasteiger partial charge is 0.449 e. The lowest BCUT2D eigenvalue weighted by Gasteiger charge is -1.82. The van der Waals surface area contributed by atoms with Gasteiger partial charge in [-0.15, -0.1) is 48.2 Å². The van der Waals surface area contributed by atoms with Gasteiger partial charge >= 0.3 is 0 Å². The summed E-state index contributed by atoms with van der Waals surface area (Å²) < 4.78 is 22.6.